The van der Waals surface area contributed by atoms with E-state index in [1.807, 2.05) is 26.0 Å². The summed E-state index contributed by atoms with van der Waals surface area (Å²) in [7, 11) is 0. The van der Waals surface area contributed by atoms with Gasteiger partial charge in [-0.05, 0) is 89.8 Å². The number of ether oxygens (including phenoxy) is 1. The van der Waals surface area contributed by atoms with Crippen LogP contribution >= 0.6 is 0 Å². The van der Waals surface area contributed by atoms with Crippen molar-refractivity contribution in [2.75, 3.05) is 0 Å². The molecule has 0 unspecified atom stereocenters. The summed E-state index contributed by atoms with van der Waals surface area (Å²) in [5.41, 5.74) is 0.977. The van der Waals surface area contributed by atoms with Crippen LogP contribution in [0.25, 0.3) is 0 Å². The molecular weight excluding hydrogens is 344 g/mol. The lowest BCUT2D eigenvalue weighted by molar-refractivity contribution is -0.147. The van der Waals surface area contributed by atoms with Crippen LogP contribution in [0.4, 0.5) is 0 Å². The van der Waals surface area contributed by atoms with Crippen molar-refractivity contribution < 1.29 is 24.5 Å². The molecule has 1 rings (SSSR count). The van der Waals surface area contributed by atoms with Gasteiger partial charge in [0.15, 0.2) is 0 Å². The SMILES string of the molecule is CC(C)(CCCCc1cc(CCCCC(C)(C)C(=O)O)ccc1O)OC=O. The molecule has 1 aromatic carbocycles. The number of aromatic hydroxyl groups is 1. The molecule has 0 atom stereocenters. The molecule has 0 spiro atoms. The van der Waals surface area contributed by atoms with Gasteiger partial charge in [0.2, 0.25) is 0 Å². The van der Waals surface area contributed by atoms with Gasteiger partial charge in [-0.25, -0.2) is 0 Å². The van der Waals surface area contributed by atoms with Crippen LogP contribution in [-0.4, -0.2) is 28.3 Å². The third-order valence-corrected chi connectivity index (χ3v) is 5.08. The third-order valence-electron chi connectivity index (χ3n) is 5.08. The van der Waals surface area contributed by atoms with E-state index in [-0.39, 0.29) is 0 Å². The van der Waals surface area contributed by atoms with Crippen molar-refractivity contribution in [3.8, 4) is 5.75 Å². The second-order valence-corrected chi connectivity index (χ2v) is 8.54. The number of carbonyl (C=O) groups is 2. The Balaban J connectivity index is 2.45. The molecule has 0 aliphatic carbocycles. The van der Waals surface area contributed by atoms with Crippen molar-refractivity contribution in [1.29, 1.82) is 0 Å². The van der Waals surface area contributed by atoms with E-state index in [0.29, 0.717) is 18.6 Å². The Morgan fingerprint density at radius 2 is 1.67 bits per heavy atom. The van der Waals surface area contributed by atoms with Gasteiger partial charge in [0.05, 0.1) is 5.41 Å². The van der Waals surface area contributed by atoms with Gasteiger partial charge in [0.1, 0.15) is 11.4 Å². The molecule has 0 bridgehead atoms. The number of benzene rings is 1. The quantitative estimate of drug-likeness (QED) is 0.377. The van der Waals surface area contributed by atoms with Crippen molar-refractivity contribution in [2.45, 2.75) is 84.7 Å². The van der Waals surface area contributed by atoms with E-state index >= 15 is 0 Å². The number of phenolic OH excluding ortho intramolecular Hbond substituents is 1. The van der Waals surface area contributed by atoms with Gasteiger partial charge in [0, 0.05) is 0 Å². The Bertz CT molecular complexity index is 619. The molecule has 1 aromatic rings. The van der Waals surface area contributed by atoms with Gasteiger partial charge < -0.3 is 14.9 Å². The predicted octanol–water partition coefficient (Wildman–Crippen LogP) is 4.88. The van der Waals surface area contributed by atoms with E-state index < -0.39 is 17.0 Å². The first-order chi connectivity index (χ1) is 12.6. The fourth-order valence-corrected chi connectivity index (χ4v) is 3.05. The molecule has 0 fully saturated rings. The first-order valence-corrected chi connectivity index (χ1v) is 9.73. The van der Waals surface area contributed by atoms with Gasteiger partial charge in [0.25, 0.3) is 6.47 Å². The Labute approximate surface area is 162 Å². The first kappa shape index (κ1) is 23.0. The third kappa shape index (κ3) is 8.46. The lowest BCUT2D eigenvalue weighted by atomic mass is 9.87. The van der Waals surface area contributed by atoms with Gasteiger partial charge >= 0.3 is 5.97 Å². The molecule has 5 heteroatoms. The summed E-state index contributed by atoms with van der Waals surface area (Å²) >= 11 is 0. The molecular formula is C22H34O5. The fourth-order valence-electron chi connectivity index (χ4n) is 3.05. The average Bonchev–Trinajstić information content (AvgIpc) is 2.57. The van der Waals surface area contributed by atoms with Crippen LogP contribution in [0.2, 0.25) is 0 Å². The summed E-state index contributed by atoms with van der Waals surface area (Å²) in [5.74, 6) is -0.440. The minimum absolute atomic E-state index is 0.314. The van der Waals surface area contributed by atoms with Crippen molar-refractivity contribution in [2.24, 2.45) is 5.41 Å². The molecule has 0 saturated carbocycles. The normalized spacial score (nSPS) is 12.0. The highest BCUT2D eigenvalue weighted by atomic mass is 16.5. The van der Waals surface area contributed by atoms with Gasteiger partial charge in [-0.15, -0.1) is 0 Å². The smallest absolute Gasteiger partial charge is 0.309 e. The second kappa shape index (κ2) is 10.3. The standard InChI is InChI=1S/C22H34O5/c1-21(2,20(25)26)13-7-5-9-17-11-12-19(24)18(15-17)10-6-8-14-22(3,4)27-16-23/h11-12,15-16,24H,5-10,13-14H2,1-4H3,(H,25,26). The average molecular weight is 379 g/mol. The first-order valence-electron chi connectivity index (χ1n) is 9.73. The number of carbonyl (C=O) groups excluding carboxylic acids is 1. The summed E-state index contributed by atoms with van der Waals surface area (Å²) in [4.78, 5) is 21.6. The summed E-state index contributed by atoms with van der Waals surface area (Å²) in [6.07, 6.45) is 6.72. The van der Waals surface area contributed by atoms with Crippen LogP contribution in [-0.2, 0) is 27.2 Å². The topological polar surface area (TPSA) is 83.8 Å². The second-order valence-electron chi connectivity index (χ2n) is 8.54. The number of aryl methyl sites for hydroxylation is 2. The molecule has 0 amide bonds. The highest BCUT2D eigenvalue weighted by Crippen LogP contribution is 2.26. The summed E-state index contributed by atoms with van der Waals surface area (Å²) in [5, 5.41) is 19.2. The van der Waals surface area contributed by atoms with E-state index in [1.165, 1.54) is 5.56 Å². The molecule has 152 valence electrons. The lowest BCUT2D eigenvalue weighted by Gasteiger charge is -2.22. The Morgan fingerprint density at radius 3 is 2.30 bits per heavy atom. The zero-order chi connectivity index (χ0) is 20.5. The monoisotopic (exact) mass is 378 g/mol. The molecule has 0 aliphatic heterocycles. The number of hydrogen-bond donors (Lipinski definition) is 2. The molecule has 27 heavy (non-hydrogen) atoms. The Hall–Kier alpha value is -2.04. The summed E-state index contributed by atoms with van der Waals surface area (Å²) in [6.45, 7) is 7.80. The number of unbranched alkanes of at least 4 members (excludes halogenated alkanes) is 2. The maximum atomic E-state index is 11.1. The molecule has 2 N–H and O–H groups in total. The predicted molar refractivity (Wildman–Crippen MR) is 106 cm³/mol. The molecule has 0 heterocycles. The van der Waals surface area contributed by atoms with Crippen molar-refractivity contribution >= 4 is 12.4 Å². The number of hydrogen-bond acceptors (Lipinski definition) is 4. The van der Waals surface area contributed by atoms with Crippen LogP contribution in [0.15, 0.2) is 18.2 Å². The van der Waals surface area contributed by atoms with Gasteiger partial charge in [-0.2, -0.15) is 0 Å². The number of carboxylic acids is 1. The van der Waals surface area contributed by atoms with Gasteiger partial charge in [-0.1, -0.05) is 18.6 Å². The molecule has 0 aliphatic rings. The van der Waals surface area contributed by atoms with E-state index in [4.69, 9.17) is 9.84 Å². The lowest BCUT2D eigenvalue weighted by Crippen LogP contribution is -2.23. The van der Waals surface area contributed by atoms with Crippen LogP contribution in [0, 0.1) is 5.41 Å². The number of carboxylic acid groups (broad SMARTS) is 1. The zero-order valence-electron chi connectivity index (χ0n) is 17.1. The van der Waals surface area contributed by atoms with Crippen LogP contribution in [0.3, 0.4) is 0 Å². The number of aliphatic carboxylic acids is 1. The van der Waals surface area contributed by atoms with Crippen LogP contribution in [0.1, 0.15) is 77.3 Å². The minimum atomic E-state index is -0.754. The summed E-state index contributed by atoms with van der Waals surface area (Å²) in [6, 6.07) is 5.72. The van der Waals surface area contributed by atoms with E-state index in [9.17, 15) is 14.7 Å². The Morgan fingerprint density at radius 1 is 1.04 bits per heavy atom. The maximum absolute atomic E-state index is 11.1. The largest absolute Gasteiger partial charge is 0.508 e. The van der Waals surface area contributed by atoms with Crippen molar-refractivity contribution in [3.05, 3.63) is 29.3 Å². The summed E-state index contributed by atoms with van der Waals surface area (Å²) < 4.78 is 5.05. The highest BCUT2D eigenvalue weighted by Gasteiger charge is 2.26. The van der Waals surface area contributed by atoms with Crippen LogP contribution in [0.5, 0.6) is 5.75 Å². The minimum Gasteiger partial charge on any atom is -0.508 e. The van der Waals surface area contributed by atoms with Crippen LogP contribution < -0.4 is 0 Å². The Kier molecular flexibility index (Phi) is 8.80. The maximum Gasteiger partial charge on any atom is 0.309 e. The number of rotatable bonds is 13. The van der Waals surface area contributed by atoms with Crippen molar-refractivity contribution in [3.63, 3.8) is 0 Å². The fraction of sp³-hybridized carbons (Fsp3) is 0.636. The molecule has 0 aromatic heterocycles. The molecule has 0 radical (unpaired) electrons. The van der Waals surface area contributed by atoms with E-state index in [1.54, 1.807) is 19.9 Å². The van der Waals surface area contributed by atoms with Crippen molar-refractivity contribution in [1.82, 2.24) is 0 Å². The highest BCUT2D eigenvalue weighted by molar-refractivity contribution is 5.73. The molecule has 5 nitrogen and oxygen atoms in total. The van der Waals surface area contributed by atoms with E-state index in [0.717, 1.165) is 50.5 Å². The van der Waals surface area contributed by atoms with E-state index in [2.05, 4.69) is 0 Å². The molecule has 0 saturated heterocycles. The number of phenols is 1. The van der Waals surface area contributed by atoms with Gasteiger partial charge in [-0.3, -0.25) is 9.59 Å². The zero-order valence-corrected chi connectivity index (χ0v) is 17.1.